The maximum Gasteiger partial charge on any atom is 0.324 e. The van der Waals surface area contributed by atoms with Crippen LogP contribution < -0.4 is 15.4 Å². The molecule has 0 fully saturated rings. The number of carbonyl (C=O) groups is 1. The number of halogens is 1. The lowest BCUT2D eigenvalue weighted by Crippen LogP contribution is -2.24. The van der Waals surface area contributed by atoms with E-state index >= 15 is 0 Å². The Kier molecular flexibility index (Phi) is 5.54. The first-order chi connectivity index (χ1) is 15.3. The SMILES string of the molecule is CC(C)(C)n1ccc(NC(=O)Nc2cc(Oc3nccc(-c4cn[nH]c4)n3)ccc2F)n1. The molecule has 3 heterocycles. The number of nitrogens with zero attached hydrogens (tertiary/aromatic N) is 5. The van der Waals surface area contributed by atoms with Crippen molar-refractivity contribution < 1.29 is 13.9 Å². The average Bonchev–Trinajstić information content (AvgIpc) is 3.43. The monoisotopic (exact) mass is 436 g/mol. The second-order valence-corrected chi connectivity index (χ2v) is 7.85. The average molecular weight is 436 g/mol. The fourth-order valence-electron chi connectivity index (χ4n) is 2.74. The number of nitrogens with one attached hydrogen (secondary N) is 3. The number of carbonyl (C=O) groups excluding carboxylic acids is 1. The molecule has 0 saturated heterocycles. The molecule has 3 aromatic heterocycles. The van der Waals surface area contributed by atoms with Crippen molar-refractivity contribution in [2.45, 2.75) is 26.3 Å². The number of anilines is 2. The van der Waals surface area contributed by atoms with Gasteiger partial charge in [-0.2, -0.15) is 15.2 Å². The van der Waals surface area contributed by atoms with Crippen LogP contribution in [0.4, 0.5) is 20.7 Å². The second kappa shape index (κ2) is 8.46. The van der Waals surface area contributed by atoms with E-state index < -0.39 is 11.8 Å². The van der Waals surface area contributed by atoms with Gasteiger partial charge in [0.1, 0.15) is 11.6 Å². The van der Waals surface area contributed by atoms with Crippen LogP contribution in [0.15, 0.2) is 55.1 Å². The van der Waals surface area contributed by atoms with Gasteiger partial charge in [0.2, 0.25) is 0 Å². The number of ether oxygens (including phenoxy) is 1. The molecule has 0 bridgehead atoms. The molecule has 32 heavy (non-hydrogen) atoms. The van der Waals surface area contributed by atoms with Gasteiger partial charge in [0.05, 0.1) is 23.1 Å². The zero-order chi connectivity index (χ0) is 22.7. The highest BCUT2D eigenvalue weighted by atomic mass is 19.1. The topological polar surface area (TPSA) is 123 Å². The van der Waals surface area contributed by atoms with Gasteiger partial charge in [0.25, 0.3) is 0 Å². The summed E-state index contributed by atoms with van der Waals surface area (Å²) in [4.78, 5) is 20.7. The van der Waals surface area contributed by atoms with Crippen molar-refractivity contribution in [3.05, 3.63) is 60.9 Å². The maximum absolute atomic E-state index is 14.3. The van der Waals surface area contributed by atoms with Gasteiger partial charge in [-0.3, -0.25) is 15.1 Å². The van der Waals surface area contributed by atoms with Gasteiger partial charge in [-0.15, -0.1) is 0 Å². The normalized spacial score (nSPS) is 11.2. The van der Waals surface area contributed by atoms with Gasteiger partial charge >= 0.3 is 12.0 Å². The van der Waals surface area contributed by atoms with Crippen molar-refractivity contribution in [3.63, 3.8) is 0 Å². The molecule has 4 rings (SSSR count). The van der Waals surface area contributed by atoms with E-state index in [1.54, 1.807) is 35.4 Å². The van der Waals surface area contributed by atoms with Crippen molar-refractivity contribution in [1.29, 1.82) is 0 Å². The number of amides is 2. The van der Waals surface area contributed by atoms with Gasteiger partial charge in [0.15, 0.2) is 5.82 Å². The Hall–Kier alpha value is -4.28. The molecule has 11 heteroatoms. The van der Waals surface area contributed by atoms with Crippen molar-refractivity contribution >= 4 is 17.5 Å². The number of benzene rings is 1. The number of hydrogen-bond acceptors (Lipinski definition) is 6. The first-order valence-corrected chi connectivity index (χ1v) is 9.72. The molecular formula is C21H21FN8O2. The molecule has 2 amide bonds. The molecule has 10 nitrogen and oxygen atoms in total. The lowest BCUT2D eigenvalue weighted by Gasteiger charge is -2.18. The molecule has 0 aliphatic heterocycles. The van der Waals surface area contributed by atoms with Crippen LogP contribution in [0.2, 0.25) is 0 Å². The molecule has 0 atom stereocenters. The lowest BCUT2D eigenvalue weighted by atomic mass is 10.1. The Bertz CT molecular complexity index is 1230. The third-order valence-corrected chi connectivity index (χ3v) is 4.34. The zero-order valence-corrected chi connectivity index (χ0v) is 17.6. The number of urea groups is 1. The van der Waals surface area contributed by atoms with E-state index in [9.17, 15) is 9.18 Å². The van der Waals surface area contributed by atoms with E-state index in [2.05, 4.69) is 35.9 Å². The molecule has 164 valence electrons. The third-order valence-electron chi connectivity index (χ3n) is 4.34. The van der Waals surface area contributed by atoms with Crippen molar-refractivity contribution in [1.82, 2.24) is 29.9 Å². The number of H-pyrrole nitrogens is 1. The van der Waals surface area contributed by atoms with Crippen molar-refractivity contribution in [2.24, 2.45) is 0 Å². The van der Waals surface area contributed by atoms with Gasteiger partial charge < -0.3 is 10.1 Å². The summed E-state index contributed by atoms with van der Waals surface area (Å²) in [6, 6.07) is 6.73. The number of rotatable bonds is 5. The Morgan fingerprint density at radius 1 is 1.19 bits per heavy atom. The van der Waals surface area contributed by atoms with Crippen LogP contribution in [-0.2, 0) is 5.54 Å². The minimum absolute atomic E-state index is 0.0680. The molecule has 0 aliphatic rings. The highest BCUT2D eigenvalue weighted by Gasteiger charge is 2.16. The highest BCUT2D eigenvalue weighted by Crippen LogP contribution is 2.26. The third kappa shape index (κ3) is 4.89. The molecule has 0 aliphatic carbocycles. The van der Waals surface area contributed by atoms with E-state index in [-0.39, 0.29) is 23.0 Å². The molecular weight excluding hydrogens is 415 g/mol. The number of hydrogen-bond donors (Lipinski definition) is 3. The van der Waals surface area contributed by atoms with Crippen LogP contribution >= 0.6 is 0 Å². The summed E-state index contributed by atoms with van der Waals surface area (Å²) in [7, 11) is 0. The van der Waals surface area contributed by atoms with Crippen molar-refractivity contribution in [2.75, 3.05) is 10.6 Å². The van der Waals surface area contributed by atoms with Crippen LogP contribution in [0, 0.1) is 5.82 Å². The summed E-state index contributed by atoms with van der Waals surface area (Å²) >= 11 is 0. The molecule has 4 aromatic rings. The van der Waals surface area contributed by atoms with Crippen LogP contribution in [0.1, 0.15) is 20.8 Å². The molecule has 1 aromatic carbocycles. The van der Waals surface area contributed by atoms with Crippen LogP contribution in [0.3, 0.4) is 0 Å². The zero-order valence-electron chi connectivity index (χ0n) is 17.6. The highest BCUT2D eigenvalue weighted by molar-refractivity contribution is 5.99. The Balaban J connectivity index is 1.45. The van der Waals surface area contributed by atoms with Crippen LogP contribution in [-0.4, -0.2) is 36.0 Å². The molecule has 0 spiro atoms. The molecule has 3 N–H and O–H groups in total. The van der Waals surface area contributed by atoms with Crippen LogP contribution in [0.5, 0.6) is 11.8 Å². The van der Waals surface area contributed by atoms with Gasteiger partial charge in [-0.25, -0.2) is 14.2 Å². The summed E-state index contributed by atoms with van der Waals surface area (Å²) in [5, 5.41) is 15.9. The quantitative estimate of drug-likeness (QED) is 0.426. The van der Waals surface area contributed by atoms with E-state index in [0.29, 0.717) is 11.5 Å². The summed E-state index contributed by atoms with van der Waals surface area (Å²) in [5.74, 6) is -0.0291. The van der Waals surface area contributed by atoms with Gasteiger partial charge in [-0.1, -0.05) is 0 Å². The Labute approximate surface area is 182 Å². The molecule has 0 unspecified atom stereocenters. The van der Waals surface area contributed by atoms with Gasteiger partial charge in [0, 0.05) is 36.3 Å². The Morgan fingerprint density at radius 2 is 2.03 bits per heavy atom. The minimum Gasteiger partial charge on any atom is -0.424 e. The van der Waals surface area contributed by atoms with E-state index in [0.717, 1.165) is 5.56 Å². The fraction of sp³-hybridized carbons (Fsp3) is 0.190. The minimum atomic E-state index is -0.640. The molecule has 0 saturated carbocycles. The Morgan fingerprint density at radius 3 is 2.75 bits per heavy atom. The first-order valence-electron chi connectivity index (χ1n) is 9.72. The smallest absolute Gasteiger partial charge is 0.324 e. The summed E-state index contributed by atoms with van der Waals surface area (Å²) in [5.41, 5.74) is 1.08. The van der Waals surface area contributed by atoms with E-state index in [4.69, 9.17) is 4.74 Å². The predicted octanol–water partition coefficient (Wildman–Crippen LogP) is 4.39. The summed E-state index contributed by atoms with van der Waals surface area (Å²) < 4.78 is 21.6. The summed E-state index contributed by atoms with van der Waals surface area (Å²) in [6.07, 6.45) is 6.60. The number of aromatic nitrogens is 6. The lowest BCUT2D eigenvalue weighted by molar-refractivity contribution is 0.262. The standard InChI is InChI=1S/C21H21FN8O2/c1-21(2,3)30-9-7-18(29-30)28-19(31)26-17-10-14(4-5-15(17)22)32-20-23-8-6-16(27-20)13-11-24-25-12-13/h4-12H,1-3H3,(H,24,25)(H2,26,28,29,31). The van der Waals surface area contributed by atoms with Crippen LogP contribution in [0.25, 0.3) is 11.3 Å². The fourth-order valence-corrected chi connectivity index (χ4v) is 2.74. The van der Waals surface area contributed by atoms with Crippen molar-refractivity contribution in [3.8, 4) is 23.0 Å². The molecule has 0 radical (unpaired) electrons. The second-order valence-electron chi connectivity index (χ2n) is 7.85. The number of aromatic amines is 1. The van der Waals surface area contributed by atoms with E-state index in [1.165, 1.54) is 24.4 Å². The van der Waals surface area contributed by atoms with Gasteiger partial charge in [-0.05, 0) is 39.0 Å². The van der Waals surface area contributed by atoms with E-state index in [1.807, 2.05) is 20.8 Å². The largest absolute Gasteiger partial charge is 0.424 e. The first kappa shape index (κ1) is 21.0. The summed E-state index contributed by atoms with van der Waals surface area (Å²) in [6.45, 7) is 5.96. The predicted molar refractivity (Wildman–Crippen MR) is 116 cm³/mol. The maximum atomic E-state index is 14.3.